The summed E-state index contributed by atoms with van der Waals surface area (Å²) in [5, 5.41) is 17.9. The van der Waals surface area contributed by atoms with Gasteiger partial charge in [0.15, 0.2) is 11.5 Å². The zero-order valence-electron chi connectivity index (χ0n) is 11.9. The van der Waals surface area contributed by atoms with Crippen molar-refractivity contribution in [3.63, 3.8) is 0 Å². The number of rotatable bonds is 3. The summed E-state index contributed by atoms with van der Waals surface area (Å²) in [5.41, 5.74) is 6.98. The molecule has 2 N–H and O–H groups in total. The van der Waals surface area contributed by atoms with E-state index in [0.717, 1.165) is 10.6 Å². The molecule has 0 fully saturated rings. The molecule has 23 heavy (non-hydrogen) atoms. The summed E-state index contributed by atoms with van der Waals surface area (Å²) in [6.07, 6.45) is 1.80. The molecule has 1 atom stereocenters. The first-order valence-corrected chi connectivity index (χ1v) is 7.91. The lowest BCUT2D eigenvalue weighted by atomic mass is 10.1. The van der Waals surface area contributed by atoms with Crippen molar-refractivity contribution in [3.8, 4) is 22.8 Å². The van der Waals surface area contributed by atoms with Gasteiger partial charge in [-0.1, -0.05) is 28.2 Å². The second-order valence-electron chi connectivity index (χ2n) is 4.92. The summed E-state index contributed by atoms with van der Waals surface area (Å²) in [5.74, 6) is 1.27. The molecule has 1 aliphatic heterocycles. The number of hydrogen-bond donors (Lipinski definition) is 1. The van der Waals surface area contributed by atoms with Crippen molar-refractivity contribution in [2.45, 2.75) is 13.0 Å². The third kappa shape index (κ3) is 2.47. The molecule has 118 valence electrons. The Morgan fingerprint density at radius 3 is 2.78 bits per heavy atom. The molecule has 0 spiro atoms. The van der Waals surface area contributed by atoms with Crippen molar-refractivity contribution >= 4 is 28.1 Å². The van der Waals surface area contributed by atoms with E-state index in [1.165, 1.54) is 11.3 Å². The van der Waals surface area contributed by atoms with E-state index < -0.39 is 0 Å². The first kappa shape index (κ1) is 14.2. The van der Waals surface area contributed by atoms with Gasteiger partial charge in [0.05, 0.1) is 11.2 Å². The van der Waals surface area contributed by atoms with Crippen molar-refractivity contribution in [2.75, 3.05) is 12.5 Å². The number of aromatic nitrogens is 5. The molecule has 0 saturated heterocycles. The summed E-state index contributed by atoms with van der Waals surface area (Å²) in [6.45, 7) is 2.14. The Morgan fingerprint density at radius 2 is 2.04 bits per heavy atom. The normalized spacial score (nSPS) is 14.2. The average Bonchev–Trinajstić information content (AvgIpc) is 3.24. The van der Waals surface area contributed by atoms with E-state index in [2.05, 4.69) is 20.5 Å². The number of nitrogens with zero attached hydrogens (tertiary/aromatic N) is 5. The molecular formula is C13H11ClN6O2S. The Hall–Kier alpha value is -2.39. The third-order valence-electron chi connectivity index (χ3n) is 3.46. The molecule has 1 aromatic carbocycles. The molecule has 0 unspecified atom stereocenters. The van der Waals surface area contributed by atoms with Gasteiger partial charge in [-0.15, -0.1) is 15.3 Å². The summed E-state index contributed by atoms with van der Waals surface area (Å²) < 4.78 is 12.4. The van der Waals surface area contributed by atoms with Crippen LogP contribution in [0.4, 0.5) is 5.13 Å². The van der Waals surface area contributed by atoms with Crippen LogP contribution >= 0.6 is 22.9 Å². The molecule has 3 aromatic rings. The minimum atomic E-state index is -0.126. The van der Waals surface area contributed by atoms with Crippen LogP contribution in [0, 0.1) is 0 Å². The SMILES string of the molecule is C[C@@H](c1nnc(N)s1)n1cc(-c2cc3c(cc2Cl)OCO3)nn1. The zero-order valence-corrected chi connectivity index (χ0v) is 13.5. The number of benzene rings is 1. The fourth-order valence-electron chi connectivity index (χ4n) is 2.23. The molecule has 1 aliphatic rings. The number of anilines is 1. The summed E-state index contributed by atoms with van der Waals surface area (Å²) in [6, 6.07) is 3.39. The first-order chi connectivity index (χ1) is 11.1. The van der Waals surface area contributed by atoms with Gasteiger partial charge in [-0.05, 0) is 13.0 Å². The molecule has 0 bridgehead atoms. The van der Waals surface area contributed by atoms with Crippen LogP contribution in [0.15, 0.2) is 18.3 Å². The fourth-order valence-corrected chi connectivity index (χ4v) is 3.14. The smallest absolute Gasteiger partial charge is 0.231 e. The third-order valence-corrected chi connectivity index (χ3v) is 4.69. The van der Waals surface area contributed by atoms with Crippen molar-refractivity contribution in [1.29, 1.82) is 0 Å². The minimum absolute atomic E-state index is 0.126. The van der Waals surface area contributed by atoms with Crippen LogP contribution in [0.2, 0.25) is 5.02 Å². The fraction of sp³-hybridized carbons (Fsp3) is 0.231. The molecule has 0 amide bonds. The highest BCUT2D eigenvalue weighted by Gasteiger charge is 2.20. The van der Waals surface area contributed by atoms with Crippen molar-refractivity contribution in [2.24, 2.45) is 0 Å². The predicted molar refractivity (Wildman–Crippen MR) is 84.7 cm³/mol. The van der Waals surface area contributed by atoms with Gasteiger partial charge in [-0.3, -0.25) is 0 Å². The lowest BCUT2D eigenvalue weighted by Gasteiger charge is -2.06. The van der Waals surface area contributed by atoms with Crippen LogP contribution in [0.5, 0.6) is 11.5 Å². The van der Waals surface area contributed by atoms with Crippen LogP contribution < -0.4 is 15.2 Å². The van der Waals surface area contributed by atoms with E-state index in [4.69, 9.17) is 26.8 Å². The van der Waals surface area contributed by atoms with Crippen molar-refractivity contribution in [3.05, 3.63) is 28.4 Å². The highest BCUT2D eigenvalue weighted by atomic mass is 35.5. The van der Waals surface area contributed by atoms with Gasteiger partial charge < -0.3 is 15.2 Å². The first-order valence-electron chi connectivity index (χ1n) is 6.72. The molecule has 3 heterocycles. The monoisotopic (exact) mass is 350 g/mol. The van der Waals surface area contributed by atoms with E-state index in [9.17, 15) is 0 Å². The number of nitrogens with two attached hydrogens (primary N) is 1. The van der Waals surface area contributed by atoms with E-state index >= 15 is 0 Å². The molecule has 10 heteroatoms. The highest BCUT2D eigenvalue weighted by molar-refractivity contribution is 7.15. The second-order valence-corrected chi connectivity index (χ2v) is 6.37. The van der Waals surface area contributed by atoms with Crippen molar-refractivity contribution in [1.82, 2.24) is 25.2 Å². The van der Waals surface area contributed by atoms with Crippen LogP contribution in [0.3, 0.4) is 0 Å². The standard InChI is InChI=1S/C13H11ClN6O2S/c1-6(12-17-18-13(15)23-12)20-4-9(16-19-20)7-2-10-11(3-8(7)14)22-5-21-10/h2-4,6H,5H2,1H3,(H2,15,18)/t6-/m0/s1. The Labute approximate surface area is 139 Å². The van der Waals surface area contributed by atoms with Crippen LogP contribution in [0.1, 0.15) is 18.0 Å². The highest BCUT2D eigenvalue weighted by Crippen LogP contribution is 2.40. The molecule has 2 aromatic heterocycles. The molecular weight excluding hydrogens is 340 g/mol. The van der Waals surface area contributed by atoms with E-state index in [1.807, 2.05) is 6.92 Å². The van der Waals surface area contributed by atoms with Gasteiger partial charge in [0.2, 0.25) is 11.9 Å². The van der Waals surface area contributed by atoms with Crippen LogP contribution in [0.25, 0.3) is 11.3 Å². The number of hydrogen-bond acceptors (Lipinski definition) is 8. The van der Waals surface area contributed by atoms with Gasteiger partial charge in [-0.25, -0.2) is 4.68 Å². The van der Waals surface area contributed by atoms with E-state index in [0.29, 0.717) is 27.3 Å². The number of halogens is 1. The summed E-state index contributed by atoms with van der Waals surface area (Å²) in [7, 11) is 0. The summed E-state index contributed by atoms with van der Waals surface area (Å²) >= 11 is 7.62. The van der Waals surface area contributed by atoms with Crippen molar-refractivity contribution < 1.29 is 9.47 Å². The number of fused-ring (bicyclic) bond motifs is 1. The van der Waals surface area contributed by atoms with Gasteiger partial charge >= 0.3 is 0 Å². The Kier molecular flexibility index (Phi) is 3.31. The average molecular weight is 351 g/mol. The molecule has 0 aliphatic carbocycles. The largest absolute Gasteiger partial charge is 0.454 e. The lowest BCUT2D eigenvalue weighted by molar-refractivity contribution is 0.174. The van der Waals surface area contributed by atoms with Gasteiger partial charge in [0.25, 0.3) is 0 Å². The summed E-state index contributed by atoms with van der Waals surface area (Å²) in [4.78, 5) is 0. The molecule has 0 saturated carbocycles. The van der Waals surface area contributed by atoms with Crippen LogP contribution in [-0.2, 0) is 0 Å². The Balaban J connectivity index is 1.68. The molecule has 8 nitrogen and oxygen atoms in total. The van der Waals surface area contributed by atoms with Gasteiger partial charge in [-0.2, -0.15) is 0 Å². The van der Waals surface area contributed by atoms with E-state index in [-0.39, 0.29) is 12.8 Å². The van der Waals surface area contributed by atoms with E-state index in [1.54, 1.807) is 23.0 Å². The quantitative estimate of drug-likeness (QED) is 0.773. The second kappa shape index (κ2) is 5.36. The maximum Gasteiger partial charge on any atom is 0.231 e. The molecule has 4 rings (SSSR count). The lowest BCUT2D eigenvalue weighted by Crippen LogP contribution is -2.07. The van der Waals surface area contributed by atoms with Gasteiger partial charge in [0, 0.05) is 11.6 Å². The Morgan fingerprint density at radius 1 is 1.26 bits per heavy atom. The predicted octanol–water partition coefficient (Wildman–Crippen LogP) is 2.37. The van der Waals surface area contributed by atoms with Crippen LogP contribution in [-0.4, -0.2) is 32.0 Å². The molecule has 0 radical (unpaired) electrons. The minimum Gasteiger partial charge on any atom is -0.454 e. The van der Waals surface area contributed by atoms with Gasteiger partial charge in [0.1, 0.15) is 16.7 Å². The maximum atomic E-state index is 6.30. The topological polar surface area (TPSA) is 101 Å². The maximum absolute atomic E-state index is 6.30. The zero-order chi connectivity index (χ0) is 16.0. The number of ether oxygens (including phenoxy) is 2. The Bertz CT molecular complexity index is 879. The number of nitrogen functional groups attached to an aromatic ring is 1.